The Morgan fingerprint density at radius 3 is 2.62 bits per heavy atom. The fourth-order valence-corrected chi connectivity index (χ4v) is 5.75. The van der Waals surface area contributed by atoms with Crippen molar-refractivity contribution in [3.63, 3.8) is 0 Å². The maximum atomic E-state index is 13.2. The van der Waals surface area contributed by atoms with Crippen LogP contribution in [-0.2, 0) is 34.0 Å². The number of carbonyl (C=O) groups is 1. The molecule has 3 atom stereocenters. The van der Waals surface area contributed by atoms with E-state index in [2.05, 4.69) is 10.2 Å². The molecule has 9 heteroatoms. The highest BCUT2D eigenvalue weighted by molar-refractivity contribution is 8.05. The predicted molar refractivity (Wildman–Crippen MR) is 117 cm³/mol. The van der Waals surface area contributed by atoms with E-state index >= 15 is 0 Å². The van der Waals surface area contributed by atoms with Crippen molar-refractivity contribution >= 4 is 15.1 Å². The van der Waals surface area contributed by atoms with Gasteiger partial charge in [0.1, 0.15) is 6.61 Å². The highest BCUT2D eigenvalue weighted by Crippen LogP contribution is 2.42. The van der Waals surface area contributed by atoms with E-state index in [1.165, 1.54) is 0 Å². The van der Waals surface area contributed by atoms with E-state index in [1.807, 2.05) is 25.1 Å². The summed E-state index contributed by atoms with van der Waals surface area (Å²) in [7, 11) is -4.24. The van der Waals surface area contributed by atoms with Gasteiger partial charge < -0.3 is 9.15 Å². The van der Waals surface area contributed by atoms with Crippen LogP contribution in [0.25, 0.3) is 0 Å². The van der Waals surface area contributed by atoms with Gasteiger partial charge in [0.15, 0.2) is 0 Å². The molecule has 0 saturated heterocycles. The summed E-state index contributed by atoms with van der Waals surface area (Å²) in [6, 6.07) is 16.2. The lowest BCUT2D eigenvalue weighted by Gasteiger charge is -2.33. The maximum Gasteiger partial charge on any atom is 0.434 e. The molecule has 2 aromatic carbocycles. The molecule has 1 unspecified atom stereocenters. The molecule has 0 bridgehead atoms. The van der Waals surface area contributed by atoms with Gasteiger partial charge in [-0.15, -0.1) is 5.10 Å². The predicted octanol–water partition coefficient (Wildman–Crippen LogP) is 3.60. The van der Waals surface area contributed by atoms with Gasteiger partial charge in [-0.2, -0.15) is 0 Å². The molecule has 0 saturated carbocycles. The maximum absolute atomic E-state index is 13.2. The van der Waals surface area contributed by atoms with Gasteiger partial charge in [0.05, 0.1) is 5.25 Å². The van der Waals surface area contributed by atoms with Crippen molar-refractivity contribution in [3.8, 4) is 0 Å². The smallest absolute Gasteiger partial charge is 0.434 e. The first-order chi connectivity index (χ1) is 15.3. The number of hydrogen-bond acceptors (Lipinski definition) is 7. The molecule has 1 aliphatic carbocycles. The summed E-state index contributed by atoms with van der Waals surface area (Å²) in [6.07, 6.45) is 1.32. The van der Waals surface area contributed by atoms with Crippen molar-refractivity contribution in [1.82, 2.24) is 10.2 Å². The Balaban J connectivity index is 1.55. The number of H-pyrrole nitrogens is 1. The Labute approximate surface area is 185 Å². The average Bonchev–Trinajstić information content (AvgIpc) is 3.21. The minimum absolute atomic E-state index is 0.0205. The standard InChI is InChI=1S/C23H24N2O6S/c1-15(11-21-24-25-22(26)31-21)18-12-17-9-5-6-10-19(17)20(13-18)32(28,29)23(27)30-14-16-7-3-2-4-8-16/h2-10,15,18,20H,11-14H2,1H3,(H,25,26)/t15-,18-,20?/m1/s1. The lowest BCUT2D eigenvalue weighted by molar-refractivity contribution is 0.165. The molecule has 32 heavy (non-hydrogen) atoms. The number of fused-ring (bicyclic) bond motifs is 1. The molecule has 0 fully saturated rings. The number of carbonyl (C=O) groups excluding carboxylic acids is 1. The van der Waals surface area contributed by atoms with E-state index in [0.717, 1.165) is 5.56 Å². The second-order valence-electron chi connectivity index (χ2n) is 8.14. The van der Waals surface area contributed by atoms with Crippen LogP contribution in [0, 0.1) is 11.8 Å². The van der Waals surface area contributed by atoms with E-state index in [0.29, 0.717) is 24.0 Å². The van der Waals surface area contributed by atoms with Crippen molar-refractivity contribution in [2.45, 2.75) is 38.0 Å². The minimum Gasteiger partial charge on any atom is -0.449 e. The number of nitrogens with one attached hydrogen (secondary N) is 1. The van der Waals surface area contributed by atoms with Crippen molar-refractivity contribution < 1.29 is 22.4 Å². The molecular formula is C23H24N2O6S. The quantitative estimate of drug-likeness (QED) is 0.563. The highest BCUT2D eigenvalue weighted by atomic mass is 32.2. The van der Waals surface area contributed by atoms with E-state index in [9.17, 15) is 18.0 Å². The van der Waals surface area contributed by atoms with Crippen LogP contribution < -0.4 is 5.76 Å². The van der Waals surface area contributed by atoms with Crippen molar-refractivity contribution in [1.29, 1.82) is 0 Å². The number of aromatic nitrogens is 2. The van der Waals surface area contributed by atoms with Gasteiger partial charge in [0, 0.05) is 6.42 Å². The highest BCUT2D eigenvalue weighted by Gasteiger charge is 2.42. The number of aromatic amines is 1. The monoisotopic (exact) mass is 456 g/mol. The summed E-state index contributed by atoms with van der Waals surface area (Å²) in [6.45, 7) is 1.86. The summed E-state index contributed by atoms with van der Waals surface area (Å²) in [4.78, 5) is 23.9. The molecule has 168 valence electrons. The second-order valence-corrected chi connectivity index (χ2v) is 10.1. The number of rotatable bonds is 6. The Morgan fingerprint density at radius 2 is 1.91 bits per heavy atom. The second kappa shape index (κ2) is 9.12. The van der Waals surface area contributed by atoms with E-state index in [4.69, 9.17) is 9.15 Å². The molecule has 1 heterocycles. The molecule has 0 aliphatic heterocycles. The van der Waals surface area contributed by atoms with Gasteiger partial charge in [-0.3, -0.25) is 0 Å². The third-order valence-corrected chi connectivity index (χ3v) is 7.77. The van der Waals surface area contributed by atoms with Gasteiger partial charge in [0.2, 0.25) is 5.89 Å². The van der Waals surface area contributed by atoms with Crippen LogP contribution in [-0.4, -0.2) is 23.9 Å². The van der Waals surface area contributed by atoms with Crippen molar-refractivity contribution in [2.75, 3.05) is 0 Å². The molecule has 0 amide bonds. The summed E-state index contributed by atoms with van der Waals surface area (Å²) in [5, 5.41) is 3.88. The third-order valence-electron chi connectivity index (χ3n) is 5.99. The zero-order valence-corrected chi connectivity index (χ0v) is 18.4. The lowest BCUT2D eigenvalue weighted by atomic mass is 9.76. The van der Waals surface area contributed by atoms with Gasteiger partial charge >= 0.3 is 11.1 Å². The summed E-state index contributed by atoms with van der Waals surface area (Å²) < 4.78 is 36.7. The zero-order valence-electron chi connectivity index (χ0n) is 17.6. The Hall–Kier alpha value is -3.20. The molecule has 1 N–H and O–H groups in total. The van der Waals surface area contributed by atoms with Crippen LogP contribution in [0.2, 0.25) is 0 Å². The van der Waals surface area contributed by atoms with Gasteiger partial charge in [-0.25, -0.2) is 23.1 Å². The van der Waals surface area contributed by atoms with Crippen LogP contribution in [0.15, 0.2) is 63.8 Å². The van der Waals surface area contributed by atoms with Crippen LogP contribution in [0.5, 0.6) is 0 Å². The van der Waals surface area contributed by atoms with Gasteiger partial charge in [-0.1, -0.05) is 61.5 Å². The minimum atomic E-state index is -4.24. The normalized spacial score (nSPS) is 19.2. The Kier molecular flexibility index (Phi) is 6.27. The molecular weight excluding hydrogens is 432 g/mol. The van der Waals surface area contributed by atoms with E-state index < -0.39 is 26.1 Å². The van der Waals surface area contributed by atoms with Crippen LogP contribution >= 0.6 is 0 Å². The van der Waals surface area contributed by atoms with Crippen LogP contribution in [0.3, 0.4) is 0 Å². The topological polar surface area (TPSA) is 119 Å². The molecule has 1 aliphatic rings. The fourth-order valence-electron chi connectivity index (χ4n) is 4.23. The Morgan fingerprint density at radius 1 is 1.19 bits per heavy atom. The fraction of sp³-hybridized carbons (Fsp3) is 0.348. The van der Waals surface area contributed by atoms with Gasteiger partial charge in [-0.05, 0) is 41.4 Å². The van der Waals surface area contributed by atoms with Crippen molar-refractivity contribution in [2.24, 2.45) is 11.8 Å². The largest absolute Gasteiger partial charge is 0.449 e. The summed E-state index contributed by atoms with van der Waals surface area (Å²) >= 11 is 0. The first-order valence-corrected chi connectivity index (χ1v) is 12.0. The van der Waals surface area contributed by atoms with Crippen LogP contribution in [0.1, 0.15) is 41.2 Å². The van der Waals surface area contributed by atoms with Gasteiger partial charge in [0.25, 0.3) is 9.84 Å². The number of benzene rings is 2. The average molecular weight is 457 g/mol. The summed E-state index contributed by atoms with van der Waals surface area (Å²) in [5.74, 6) is -0.410. The molecule has 3 aromatic rings. The first kappa shape index (κ1) is 22.0. The third kappa shape index (κ3) is 4.67. The van der Waals surface area contributed by atoms with Crippen LogP contribution in [0.4, 0.5) is 4.79 Å². The molecule has 0 radical (unpaired) electrons. The Bertz CT molecular complexity index is 1250. The van der Waals surface area contributed by atoms with E-state index in [1.54, 1.807) is 36.4 Å². The first-order valence-electron chi connectivity index (χ1n) is 10.4. The number of sulfone groups is 1. The SMILES string of the molecule is C[C@H](Cc1n[nH]c(=O)o1)[C@@H]1Cc2ccccc2C(S(=O)(=O)C(=O)OCc2ccccc2)C1. The number of nitrogens with zero attached hydrogens (tertiary/aromatic N) is 1. The number of hydrogen-bond donors (Lipinski definition) is 1. The molecule has 8 nitrogen and oxygen atoms in total. The molecule has 4 rings (SSSR count). The molecule has 0 spiro atoms. The molecule has 1 aromatic heterocycles. The summed E-state index contributed by atoms with van der Waals surface area (Å²) in [5.41, 5.74) is 2.24. The van der Waals surface area contributed by atoms with E-state index in [-0.39, 0.29) is 30.8 Å². The number of ether oxygens (including phenoxy) is 1. The zero-order chi connectivity index (χ0) is 22.7. The van der Waals surface area contributed by atoms with Crippen molar-refractivity contribution in [3.05, 3.63) is 87.7 Å². The lowest BCUT2D eigenvalue weighted by Crippen LogP contribution is -2.32.